The third-order valence-electron chi connectivity index (χ3n) is 3.47. The summed E-state index contributed by atoms with van der Waals surface area (Å²) in [5.41, 5.74) is 3.80. The molecule has 104 valence electrons. The summed E-state index contributed by atoms with van der Waals surface area (Å²) < 4.78 is 5.82. The van der Waals surface area contributed by atoms with Crippen molar-refractivity contribution >= 4 is 11.3 Å². The number of allylic oxidation sites excluding steroid dienone is 1. The zero-order valence-corrected chi connectivity index (χ0v) is 12.5. The third-order valence-corrected chi connectivity index (χ3v) is 3.47. The second-order valence-electron chi connectivity index (χ2n) is 5.94. The molecule has 0 saturated carbocycles. The first kappa shape index (κ1) is 14.0. The standard InChI is InChI=1S/C17H25NO/c1-5-6-7-10-19-14-8-9-16-15(11-14)13(2)12-17(3,4)18-16/h8-9,11-12,18H,5-7,10H2,1-4H3. The average Bonchev–Trinajstić information content (AvgIpc) is 2.34. The molecule has 1 aromatic rings. The van der Waals surface area contributed by atoms with Gasteiger partial charge in [0.25, 0.3) is 0 Å². The van der Waals surface area contributed by atoms with Crippen LogP contribution in [0.5, 0.6) is 5.75 Å². The Hall–Kier alpha value is -1.44. The fraction of sp³-hybridized carbons (Fsp3) is 0.529. The molecule has 0 aliphatic carbocycles. The molecule has 0 bridgehead atoms. The number of hydrogen-bond donors (Lipinski definition) is 1. The molecule has 1 aliphatic rings. The van der Waals surface area contributed by atoms with E-state index in [1.807, 2.05) is 0 Å². The zero-order chi connectivity index (χ0) is 13.9. The van der Waals surface area contributed by atoms with Crippen LogP contribution in [-0.2, 0) is 0 Å². The highest BCUT2D eigenvalue weighted by atomic mass is 16.5. The number of ether oxygens (including phenoxy) is 1. The zero-order valence-electron chi connectivity index (χ0n) is 12.5. The number of nitrogens with one attached hydrogen (secondary N) is 1. The Balaban J connectivity index is 2.10. The van der Waals surface area contributed by atoms with E-state index in [-0.39, 0.29) is 5.54 Å². The summed E-state index contributed by atoms with van der Waals surface area (Å²) in [4.78, 5) is 0. The van der Waals surface area contributed by atoms with E-state index in [9.17, 15) is 0 Å². The lowest BCUT2D eigenvalue weighted by atomic mass is 9.91. The first-order valence-corrected chi connectivity index (χ1v) is 7.27. The van der Waals surface area contributed by atoms with Gasteiger partial charge in [-0.3, -0.25) is 0 Å². The van der Waals surface area contributed by atoms with Crippen molar-refractivity contribution in [1.82, 2.24) is 0 Å². The van der Waals surface area contributed by atoms with E-state index < -0.39 is 0 Å². The van der Waals surface area contributed by atoms with Gasteiger partial charge in [-0.2, -0.15) is 0 Å². The Morgan fingerprint density at radius 2 is 2.00 bits per heavy atom. The summed E-state index contributed by atoms with van der Waals surface area (Å²) in [6.45, 7) is 9.57. The molecular formula is C17H25NO. The lowest BCUT2D eigenvalue weighted by Crippen LogP contribution is -2.31. The highest BCUT2D eigenvalue weighted by molar-refractivity contribution is 5.80. The van der Waals surface area contributed by atoms with Crippen molar-refractivity contribution in [3.8, 4) is 5.75 Å². The smallest absolute Gasteiger partial charge is 0.120 e. The van der Waals surface area contributed by atoms with E-state index in [1.165, 1.54) is 29.7 Å². The third kappa shape index (κ3) is 3.52. The molecule has 19 heavy (non-hydrogen) atoms. The molecule has 1 N–H and O–H groups in total. The van der Waals surface area contributed by atoms with E-state index in [0.29, 0.717) is 0 Å². The van der Waals surface area contributed by atoms with Crippen molar-refractivity contribution in [2.75, 3.05) is 11.9 Å². The van der Waals surface area contributed by atoms with Crippen molar-refractivity contribution in [1.29, 1.82) is 0 Å². The SMILES string of the molecule is CCCCCOc1ccc2c(c1)C(C)=CC(C)(C)N2. The summed E-state index contributed by atoms with van der Waals surface area (Å²) in [7, 11) is 0. The summed E-state index contributed by atoms with van der Waals surface area (Å²) in [5.74, 6) is 0.976. The predicted molar refractivity (Wildman–Crippen MR) is 82.8 cm³/mol. The lowest BCUT2D eigenvalue weighted by molar-refractivity contribution is 0.306. The van der Waals surface area contributed by atoms with E-state index in [4.69, 9.17) is 4.74 Å². The second kappa shape index (κ2) is 5.68. The maximum Gasteiger partial charge on any atom is 0.120 e. The van der Waals surface area contributed by atoms with Gasteiger partial charge in [0.05, 0.1) is 12.1 Å². The molecule has 0 saturated heterocycles. The van der Waals surface area contributed by atoms with Gasteiger partial charge in [-0.15, -0.1) is 0 Å². The molecular weight excluding hydrogens is 234 g/mol. The van der Waals surface area contributed by atoms with Crippen molar-refractivity contribution in [2.45, 2.75) is 52.5 Å². The van der Waals surface area contributed by atoms with E-state index in [1.54, 1.807) is 0 Å². The number of rotatable bonds is 5. The Bertz CT molecular complexity index is 474. The quantitative estimate of drug-likeness (QED) is 0.762. The number of hydrogen-bond acceptors (Lipinski definition) is 2. The summed E-state index contributed by atoms with van der Waals surface area (Å²) in [6, 6.07) is 6.34. The van der Waals surface area contributed by atoms with Crippen molar-refractivity contribution in [3.05, 3.63) is 29.8 Å². The number of anilines is 1. The molecule has 0 unspecified atom stereocenters. The highest BCUT2D eigenvalue weighted by Crippen LogP contribution is 2.35. The van der Waals surface area contributed by atoms with Gasteiger partial charge in [0, 0.05) is 11.3 Å². The fourth-order valence-electron chi connectivity index (χ4n) is 2.59. The van der Waals surface area contributed by atoms with Crippen molar-refractivity contribution < 1.29 is 4.74 Å². The summed E-state index contributed by atoms with van der Waals surface area (Å²) in [5, 5.41) is 3.54. The van der Waals surface area contributed by atoms with Gasteiger partial charge in [-0.25, -0.2) is 0 Å². The van der Waals surface area contributed by atoms with Gasteiger partial charge in [0.1, 0.15) is 5.75 Å². The van der Waals surface area contributed by atoms with Gasteiger partial charge < -0.3 is 10.1 Å². The van der Waals surface area contributed by atoms with Crippen LogP contribution in [0.25, 0.3) is 5.57 Å². The topological polar surface area (TPSA) is 21.3 Å². The van der Waals surface area contributed by atoms with Gasteiger partial charge in [-0.05, 0) is 51.0 Å². The van der Waals surface area contributed by atoms with Gasteiger partial charge >= 0.3 is 0 Å². The Labute approximate surface area is 116 Å². The summed E-state index contributed by atoms with van der Waals surface area (Å²) >= 11 is 0. The minimum atomic E-state index is 0.0284. The monoisotopic (exact) mass is 259 g/mol. The Morgan fingerprint density at radius 3 is 2.74 bits per heavy atom. The molecule has 1 heterocycles. The summed E-state index contributed by atoms with van der Waals surface area (Å²) in [6.07, 6.45) is 5.87. The molecule has 0 fully saturated rings. The minimum absolute atomic E-state index is 0.0284. The molecule has 0 amide bonds. The lowest BCUT2D eigenvalue weighted by Gasteiger charge is -2.31. The molecule has 0 spiro atoms. The Kier molecular flexibility index (Phi) is 4.18. The van der Waals surface area contributed by atoms with Crippen molar-refractivity contribution in [3.63, 3.8) is 0 Å². The van der Waals surface area contributed by atoms with E-state index in [0.717, 1.165) is 18.8 Å². The minimum Gasteiger partial charge on any atom is -0.494 e. The van der Waals surface area contributed by atoms with Crippen LogP contribution in [0.15, 0.2) is 24.3 Å². The van der Waals surface area contributed by atoms with Crippen LogP contribution < -0.4 is 10.1 Å². The molecule has 0 radical (unpaired) electrons. The number of fused-ring (bicyclic) bond motifs is 1. The second-order valence-corrected chi connectivity index (χ2v) is 5.94. The van der Waals surface area contributed by atoms with Crippen LogP contribution in [0.4, 0.5) is 5.69 Å². The molecule has 2 nitrogen and oxygen atoms in total. The van der Waals surface area contributed by atoms with Gasteiger partial charge in [0.15, 0.2) is 0 Å². The fourth-order valence-corrected chi connectivity index (χ4v) is 2.59. The van der Waals surface area contributed by atoms with Crippen LogP contribution in [0.3, 0.4) is 0 Å². The van der Waals surface area contributed by atoms with Crippen LogP contribution in [0.2, 0.25) is 0 Å². The molecule has 2 heteroatoms. The molecule has 2 rings (SSSR count). The largest absolute Gasteiger partial charge is 0.494 e. The van der Waals surface area contributed by atoms with Crippen LogP contribution >= 0.6 is 0 Å². The molecule has 1 aliphatic heterocycles. The maximum absolute atomic E-state index is 5.82. The maximum atomic E-state index is 5.82. The van der Waals surface area contributed by atoms with Crippen LogP contribution in [0, 0.1) is 0 Å². The van der Waals surface area contributed by atoms with Gasteiger partial charge in [0.2, 0.25) is 0 Å². The normalized spacial score (nSPS) is 16.3. The van der Waals surface area contributed by atoms with E-state index >= 15 is 0 Å². The molecule has 0 atom stereocenters. The Morgan fingerprint density at radius 1 is 1.21 bits per heavy atom. The highest BCUT2D eigenvalue weighted by Gasteiger charge is 2.22. The van der Waals surface area contributed by atoms with E-state index in [2.05, 4.69) is 57.3 Å². The van der Waals surface area contributed by atoms with Crippen LogP contribution in [0.1, 0.15) is 52.5 Å². The van der Waals surface area contributed by atoms with Crippen LogP contribution in [-0.4, -0.2) is 12.1 Å². The molecule has 0 aromatic heterocycles. The van der Waals surface area contributed by atoms with Gasteiger partial charge in [-0.1, -0.05) is 25.8 Å². The first-order valence-electron chi connectivity index (χ1n) is 7.27. The number of benzene rings is 1. The first-order chi connectivity index (χ1) is 9.02. The average molecular weight is 259 g/mol. The number of unbranched alkanes of at least 4 members (excludes halogenated alkanes) is 2. The molecule has 1 aromatic carbocycles. The van der Waals surface area contributed by atoms with Crippen molar-refractivity contribution in [2.24, 2.45) is 0 Å². The predicted octanol–water partition coefficient (Wildman–Crippen LogP) is 4.86.